The molecule has 0 aromatic heterocycles. The van der Waals surface area contributed by atoms with Crippen molar-refractivity contribution < 1.29 is 39.3 Å². The highest BCUT2D eigenvalue weighted by Crippen LogP contribution is 2.12. The summed E-state index contributed by atoms with van der Waals surface area (Å²) in [6, 6.07) is 9.14. The third-order valence-corrected chi connectivity index (χ3v) is 6.22. The van der Waals surface area contributed by atoms with E-state index in [2.05, 4.69) is 20.9 Å². The molecule has 15 heteroatoms. The number of phenols is 1. The van der Waals surface area contributed by atoms with Crippen LogP contribution in [0.1, 0.15) is 30.4 Å². The Morgan fingerprint density at radius 3 is 1.88 bits per heavy atom. The number of nitrogens with two attached hydrogens (primary N) is 3. The second-order valence-electron chi connectivity index (χ2n) is 9.74. The summed E-state index contributed by atoms with van der Waals surface area (Å²) in [4.78, 5) is 66.4. The number of hydrogen-bond donors (Lipinski definition) is 9. The molecule has 3 amide bonds. The molecule has 0 saturated carbocycles. The third-order valence-electron chi connectivity index (χ3n) is 6.22. The Kier molecular flexibility index (Phi) is 13.4. The molecule has 0 aliphatic heterocycles. The summed E-state index contributed by atoms with van der Waals surface area (Å²) < 4.78 is 0. The van der Waals surface area contributed by atoms with Gasteiger partial charge in [-0.15, -0.1) is 0 Å². The van der Waals surface area contributed by atoms with Crippen LogP contribution < -0.4 is 33.2 Å². The van der Waals surface area contributed by atoms with E-state index < -0.39 is 60.2 Å². The molecular weight excluding hydrogens is 562 g/mol. The number of aromatic hydroxyl groups is 1. The van der Waals surface area contributed by atoms with Gasteiger partial charge in [0, 0.05) is 13.0 Å². The largest absolute Gasteiger partial charge is 0.508 e. The highest BCUT2D eigenvalue weighted by Gasteiger charge is 2.31. The molecular formula is C28H37N7O8. The van der Waals surface area contributed by atoms with E-state index in [1.165, 1.54) is 24.3 Å². The number of phenolic OH excluding ortho intramolecular Hbond substituents is 1. The summed E-state index contributed by atoms with van der Waals surface area (Å²) in [5, 5.41) is 35.5. The minimum Gasteiger partial charge on any atom is -0.508 e. The number of carbonyl (C=O) groups is 5. The van der Waals surface area contributed by atoms with Gasteiger partial charge in [-0.2, -0.15) is 0 Å². The number of benzene rings is 2. The van der Waals surface area contributed by atoms with Gasteiger partial charge in [0.1, 0.15) is 23.9 Å². The van der Waals surface area contributed by atoms with Crippen molar-refractivity contribution in [3.05, 3.63) is 65.7 Å². The van der Waals surface area contributed by atoms with E-state index in [4.69, 9.17) is 17.2 Å². The fourth-order valence-electron chi connectivity index (χ4n) is 4.01. The summed E-state index contributed by atoms with van der Waals surface area (Å²) in [5.41, 5.74) is 18.0. The van der Waals surface area contributed by atoms with Crippen LogP contribution in [0.25, 0.3) is 0 Å². The zero-order chi connectivity index (χ0) is 31.9. The van der Waals surface area contributed by atoms with Crippen LogP contribution in [0.5, 0.6) is 5.75 Å². The predicted molar refractivity (Wildman–Crippen MR) is 156 cm³/mol. The van der Waals surface area contributed by atoms with Crippen molar-refractivity contribution in [2.24, 2.45) is 22.2 Å². The Labute approximate surface area is 247 Å². The van der Waals surface area contributed by atoms with Crippen LogP contribution in [0.4, 0.5) is 0 Å². The number of nitrogens with one attached hydrogen (secondary N) is 3. The molecule has 0 fully saturated rings. The maximum absolute atomic E-state index is 13.3. The van der Waals surface area contributed by atoms with Crippen LogP contribution >= 0.6 is 0 Å². The van der Waals surface area contributed by atoms with E-state index >= 15 is 0 Å². The molecule has 0 bridgehead atoms. The van der Waals surface area contributed by atoms with Crippen LogP contribution in [0, 0.1) is 0 Å². The maximum Gasteiger partial charge on any atom is 0.326 e. The van der Waals surface area contributed by atoms with E-state index in [1.54, 1.807) is 24.3 Å². The first-order valence-electron chi connectivity index (χ1n) is 13.3. The average Bonchev–Trinajstić information content (AvgIpc) is 2.94. The molecule has 15 nitrogen and oxygen atoms in total. The van der Waals surface area contributed by atoms with Crippen molar-refractivity contribution in [1.82, 2.24) is 16.0 Å². The van der Waals surface area contributed by atoms with E-state index in [9.17, 15) is 39.3 Å². The molecule has 0 aliphatic carbocycles. The van der Waals surface area contributed by atoms with Gasteiger partial charge in [0.2, 0.25) is 17.7 Å². The minimum absolute atomic E-state index is 0.00637. The van der Waals surface area contributed by atoms with Gasteiger partial charge in [-0.05, 0) is 42.5 Å². The normalized spacial score (nSPS) is 13.4. The number of amides is 3. The lowest BCUT2D eigenvalue weighted by Gasteiger charge is -2.24. The first-order chi connectivity index (χ1) is 20.3. The molecule has 0 heterocycles. The van der Waals surface area contributed by atoms with E-state index in [0.29, 0.717) is 5.56 Å². The summed E-state index contributed by atoms with van der Waals surface area (Å²) in [6.07, 6.45) is -0.639. The van der Waals surface area contributed by atoms with E-state index in [1.807, 2.05) is 6.07 Å². The zero-order valence-corrected chi connectivity index (χ0v) is 23.3. The second kappa shape index (κ2) is 16.9. The van der Waals surface area contributed by atoms with Gasteiger partial charge in [-0.3, -0.25) is 24.2 Å². The van der Waals surface area contributed by atoms with Gasteiger partial charge in [0.05, 0.1) is 12.5 Å². The summed E-state index contributed by atoms with van der Waals surface area (Å²) in [7, 11) is 0. The first-order valence-corrected chi connectivity index (χ1v) is 13.3. The maximum atomic E-state index is 13.3. The lowest BCUT2D eigenvalue weighted by molar-refractivity contribution is -0.143. The molecule has 2 rings (SSSR count). The van der Waals surface area contributed by atoms with Crippen molar-refractivity contribution >= 4 is 35.6 Å². The third kappa shape index (κ3) is 12.5. The lowest BCUT2D eigenvalue weighted by Crippen LogP contribution is -2.57. The van der Waals surface area contributed by atoms with Gasteiger partial charge >= 0.3 is 11.9 Å². The molecule has 0 saturated heterocycles. The van der Waals surface area contributed by atoms with Gasteiger partial charge in [-0.1, -0.05) is 42.5 Å². The molecule has 0 aliphatic rings. The van der Waals surface area contributed by atoms with Gasteiger partial charge in [0.25, 0.3) is 0 Å². The highest BCUT2D eigenvalue weighted by atomic mass is 16.4. The second-order valence-corrected chi connectivity index (χ2v) is 9.74. The molecule has 2 aromatic rings. The van der Waals surface area contributed by atoms with Crippen LogP contribution in [0.15, 0.2) is 59.6 Å². The molecule has 4 atom stereocenters. The number of carboxylic acid groups (broad SMARTS) is 2. The summed E-state index contributed by atoms with van der Waals surface area (Å²) in [5.74, 6) is -5.67. The van der Waals surface area contributed by atoms with Crippen LogP contribution in [-0.4, -0.2) is 81.7 Å². The quantitative estimate of drug-likeness (QED) is 0.0577. The molecule has 0 spiro atoms. The fourth-order valence-corrected chi connectivity index (χ4v) is 4.01. The number of guanidine groups is 1. The monoisotopic (exact) mass is 599 g/mol. The van der Waals surface area contributed by atoms with Crippen molar-refractivity contribution in [1.29, 1.82) is 0 Å². The Morgan fingerprint density at radius 2 is 1.30 bits per heavy atom. The first kappa shape index (κ1) is 34.0. The number of hydrogen-bond acceptors (Lipinski definition) is 8. The Hall–Kier alpha value is -5.18. The van der Waals surface area contributed by atoms with Crippen LogP contribution in [0.3, 0.4) is 0 Å². The van der Waals surface area contributed by atoms with E-state index in [-0.39, 0.29) is 43.9 Å². The lowest BCUT2D eigenvalue weighted by atomic mass is 10.0. The van der Waals surface area contributed by atoms with Gasteiger partial charge in [0.15, 0.2) is 5.96 Å². The highest BCUT2D eigenvalue weighted by molar-refractivity contribution is 5.95. The number of aliphatic carboxylic acids is 2. The van der Waals surface area contributed by atoms with Crippen molar-refractivity contribution in [2.75, 3.05) is 6.54 Å². The topological polar surface area (TPSA) is 273 Å². The molecule has 2 aromatic carbocycles. The number of aliphatic imine (C=N–C) groups is 1. The van der Waals surface area contributed by atoms with Crippen molar-refractivity contribution in [3.8, 4) is 5.75 Å². The molecule has 232 valence electrons. The SMILES string of the molecule is NC(N)=NCCCC(NC(=O)C(N)Cc1ccccc1)C(=O)NC(CC(=O)O)C(=O)NC(Cc1ccc(O)cc1)C(=O)O. The number of rotatable bonds is 17. The number of carbonyl (C=O) groups excluding carboxylic acids is 3. The van der Waals surface area contributed by atoms with Crippen molar-refractivity contribution in [2.45, 2.75) is 56.3 Å². The fraction of sp³-hybridized carbons (Fsp3) is 0.357. The Balaban J connectivity index is 2.17. The summed E-state index contributed by atoms with van der Waals surface area (Å²) >= 11 is 0. The number of carboxylic acids is 2. The molecule has 12 N–H and O–H groups in total. The van der Waals surface area contributed by atoms with E-state index in [0.717, 1.165) is 5.56 Å². The standard InChI is InChI=1S/C28H37N7O8/c29-19(13-16-5-2-1-3-6-16)24(39)33-20(7-4-12-32-28(30)31)25(40)34-21(15-23(37)38)26(41)35-22(27(42)43)14-17-8-10-18(36)11-9-17/h1-3,5-6,8-11,19-22,36H,4,7,12-15,29H2,(H,33,39)(H,34,40)(H,35,41)(H,37,38)(H,42,43)(H4,30,31,32). The predicted octanol–water partition coefficient (Wildman–Crippen LogP) is -1.43. The Bertz CT molecular complexity index is 1280. The van der Waals surface area contributed by atoms with Crippen LogP contribution in [-0.2, 0) is 36.8 Å². The number of nitrogens with zero attached hydrogens (tertiary/aromatic N) is 1. The minimum atomic E-state index is -1.68. The average molecular weight is 600 g/mol. The zero-order valence-electron chi connectivity index (χ0n) is 23.3. The molecule has 4 unspecified atom stereocenters. The Morgan fingerprint density at radius 1 is 0.744 bits per heavy atom. The van der Waals surface area contributed by atoms with Gasteiger partial charge < -0.3 is 48.5 Å². The molecule has 43 heavy (non-hydrogen) atoms. The smallest absolute Gasteiger partial charge is 0.326 e. The molecule has 0 radical (unpaired) electrons. The van der Waals surface area contributed by atoms with Gasteiger partial charge in [-0.25, -0.2) is 4.79 Å². The van der Waals surface area contributed by atoms with Crippen molar-refractivity contribution in [3.63, 3.8) is 0 Å². The van der Waals surface area contributed by atoms with Crippen LogP contribution in [0.2, 0.25) is 0 Å². The summed E-state index contributed by atoms with van der Waals surface area (Å²) in [6.45, 7) is 0.120.